The summed E-state index contributed by atoms with van der Waals surface area (Å²) in [5.74, 6) is 0. The van der Waals surface area contributed by atoms with E-state index in [1.165, 1.54) is 0 Å². The number of hydrogen-bond donors (Lipinski definition) is 1. The Hall–Kier alpha value is -0.380. The van der Waals surface area contributed by atoms with Gasteiger partial charge < -0.3 is 9.84 Å². The monoisotopic (exact) mass is 272 g/mol. The molecule has 1 N–H and O–H groups in total. The smallest absolute Gasteiger partial charge is 0.103 e. The number of aryl methyl sites for hydroxylation is 1. The molecule has 0 aliphatic carbocycles. The molecule has 1 rings (SSSR count). The summed E-state index contributed by atoms with van der Waals surface area (Å²) in [6.07, 6.45) is 0.455. The molecule has 0 heterocycles. The fourth-order valence-corrected chi connectivity index (χ4v) is 1.92. The molecule has 84 valence electrons. The molecular weight excluding hydrogens is 256 g/mol. The SMILES string of the molecule is CCCOCC(O)c1ccc(Br)cc1C. The molecule has 0 bridgehead atoms. The molecule has 1 atom stereocenters. The van der Waals surface area contributed by atoms with Crippen LogP contribution < -0.4 is 0 Å². The minimum Gasteiger partial charge on any atom is -0.386 e. The quantitative estimate of drug-likeness (QED) is 0.835. The lowest BCUT2D eigenvalue weighted by Gasteiger charge is -2.14. The molecule has 0 saturated carbocycles. The van der Waals surface area contributed by atoms with Crippen LogP contribution in [0.3, 0.4) is 0 Å². The van der Waals surface area contributed by atoms with E-state index in [-0.39, 0.29) is 0 Å². The highest BCUT2D eigenvalue weighted by Gasteiger charge is 2.10. The zero-order valence-electron chi connectivity index (χ0n) is 9.16. The standard InChI is InChI=1S/C12H17BrO2/c1-3-6-15-8-12(14)11-5-4-10(13)7-9(11)2/h4-5,7,12,14H,3,6,8H2,1-2H3. The van der Waals surface area contributed by atoms with E-state index < -0.39 is 6.10 Å². The lowest BCUT2D eigenvalue weighted by molar-refractivity contribution is 0.0361. The molecule has 0 amide bonds. The topological polar surface area (TPSA) is 29.5 Å². The molecule has 0 aliphatic rings. The van der Waals surface area contributed by atoms with Crippen LogP contribution in [0.2, 0.25) is 0 Å². The van der Waals surface area contributed by atoms with E-state index >= 15 is 0 Å². The number of benzene rings is 1. The van der Waals surface area contributed by atoms with Crippen molar-refractivity contribution in [3.63, 3.8) is 0 Å². The van der Waals surface area contributed by atoms with Crippen molar-refractivity contribution in [3.05, 3.63) is 33.8 Å². The van der Waals surface area contributed by atoms with Crippen molar-refractivity contribution in [2.45, 2.75) is 26.4 Å². The maximum absolute atomic E-state index is 9.88. The van der Waals surface area contributed by atoms with Gasteiger partial charge in [-0.15, -0.1) is 0 Å². The van der Waals surface area contributed by atoms with Crippen LogP contribution in [0, 0.1) is 6.92 Å². The summed E-state index contributed by atoms with van der Waals surface area (Å²) in [7, 11) is 0. The van der Waals surface area contributed by atoms with Crippen LogP contribution in [0.1, 0.15) is 30.6 Å². The van der Waals surface area contributed by atoms with Crippen molar-refractivity contribution in [1.29, 1.82) is 0 Å². The molecule has 3 heteroatoms. The summed E-state index contributed by atoms with van der Waals surface area (Å²) in [5.41, 5.74) is 2.02. The highest BCUT2D eigenvalue weighted by molar-refractivity contribution is 9.10. The van der Waals surface area contributed by atoms with Gasteiger partial charge in [0.25, 0.3) is 0 Å². The number of aliphatic hydroxyl groups is 1. The van der Waals surface area contributed by atoms with E-state index in [1.54, 1.807) is 0 Å². The highest BCUT2D eigenvalue weighted by Crippen LogP contribution is 2.21. The predicted molar refractivity (Wildman–Crippen MR) is 64.9 cm³/mol. The van der Waals surface area contributed by atoms with Crippen molar-refractivity contribution in [1.82, 2.24) is 0 Å². The maximum Gasteiger partial charge on any atom is 0.103 e. The first-order valence-corrected chi connectivity index (χ1v) is 5.96. The molecule has 0 radical (unpaired) electrons. The van der Waals surface area contributed by atoms with Crippen LogP contribution in [-0.2, 0) is 4.74 Å². The van der Waals surface area contributed by atoms with Crippen LogP contribution in [0.15, 0.2) is 22.7 Å². The molecule has 1 aromatic carbocycles. The summed E-state index contributed by atoms with van der Waals surface area (Å²) >= 11 is 3.40. The Morgan fingerprint density at radius 3 is 2.80 bits per heavy atom. The van der Waals surface area contributed by atoms with Gasteiger partial charge in [0.1, 0.15) is 6.10 Å². The minimum atomic E-state index is -0.523. The van der Waals surface area contributed by atoms with Gasteiger partial charge in [0, 0.05) is 11.1 Å². The summed E-state index contributed by atoms with van der Waals surface area (Å²) in [4.78, 5) is 0. The Kier molecular flexibility index (Phi) is 5.29. The van der Waals surface area contributed by atoms with E-state index in [4.69, 9.17) is 4.74 Å². The van der Waals surface area contributed by atoms with Crippen molar-refractivity contribution in [2.75, 3.05) is 13.2 Å². The molecule has 0 spiro atoms. The Bertz CT molecular complexity index is 312. The van der Waals surface area contributed by atoms with Crippen LogP contribution in [-0.4, -0.2) is 18.3 Å². The maximum atomic E-state index is 9.88. The van der Waals surface area contributed by atoms with Gasteiger partial charge in [0.2, 0.25) is 0 Å². The number of rotatable bonds is 5. The summed E-state index contributed by atoms with van der Waals surface area (Å²) in [5, 5.41) is 9.88. The van der Waals surface area contributed by atoms with E-state index in [0.717, 1.165) is 22.0 Å². The fraction of sp³-hybridized carbons (Fsp3) is 0.500. The number of hydrogen-bond acceptors (Lipinski definition) is 2. The lowest BCUT2D eigenvalue weighted by atomic mass is 10.0. The van der Waals surface area contributed by atoms with Crippen molar-refractivity contribution < 1.29 is 9.84 Å². The van der Waals surface area contributed by atoms with Crippen LogP contribution in [0.25, 0.3) is 0 Å². The lowest BCUT2D eigenvalue weighted by Crippen LogP contribution is -2.09. The van der Waals surface area contributed by atoms with E-state index in [9.17, 15) is 5.11 Å². The molecule has 1 aromatic rings. The Labute approximate surface area is 99.4 Å². The average molecular weight is 273 g/mol. The zero-order chi connectivity index (χ0) is 11.3. The van der Waals surface area contributed by atoms with Crippen molar-refractivity contribution in [3.8, 4) is 0 Å². The first kappa shape index (κ1) is 12.7. The third kappa shape index (κ3) is 3.93. The van der Waals surface area contributed by atoms with Gasteiger partial charge in [0.05, 0.1) is 6.61 Å². The Balaban J connectivity index is 2.61. The number of aliphatic hydroxyl groups excluding tert-OH is 1. The van der Waals surface area contributed by atoms with Gasteiger partial charge >= 0.3 is 0 Å². The Morgan fingerprint density at radius 2 is 2.20 bits per heavy atom. The summed E-state index contributed by atoms with van der Waals surface area (Å²) < 4.78 is 6.36. The predicted octanol–water partition coefficient (Wildman–Crippen LogP) is 3.22. The molecular formula is C12H17BrO2. The zero-order valence-corrected chi connectivity index (χ0v) is 10.8. The third-order valence-corrected chi connectivity index (χ3v) is 2.71. The fourth-order valence-electron chi connectivity index (χ4n) is 1.44. The molecule has 0 saturated heterocycles. The third-order valence-electron chi connectivity index (χ3n) is 2.22. The number of ether oxygens (including phenoxy) is 1. The molecule has 0 aliphatic heterocycles. The second-order valence-electron chi connectivity index (χ2n) is 3.59. The molecule has 0 aromatic heterocycles. The highest BCUT2D eigenvalue weighted by atomic mass is 79.9. The average Bonchev–Trinajstić information content (AvgIpc) is 2.17. The van der Waals surface area contributed by atoms with Gasteiger partial charge in [0.15, 0.2) is 0 Å². The van der Waals surface area contributed by atoms with Crippen LogP contribution >= 0.6 is 15.9 Å². The van der Waals surface area contributed by atoms with Gasteiger partial charge in [-0.3, -0.25) is 0 Å². The van der Waals surface area contributed by atoms with Crippen LogP contribution in [0.5, 0.6) is 0 Å². The summed E-state index contributed by atoms with van der Waals surface area (Å²) in [6, 6.07) is 5.86. The normalized spacial score (nSPS) is 12.8. The van der Waals surface area contributed by atoms with E-state index in [1.807, 2.05) is 25.1 Å². The first-order chi connectivity index (χ1) is 7.15. The second-order valence-corrected chi connectivity index (χ2v) is 4.51. The molecule has 1 unspecified atom stereocenters. The van der Waals surface area contributed by atoms with Gasteiger partial charge in [-0.1, -0.05) is 28.9 Å². The Morgan fingerprint density at radius 1 is 1.47 bits per heavy atom. The molecule has 2 nitrogen and oxygen atoms in total. The van der Waals surface area contributed by atoms with Gasteiger partial charge in [-0.2, -0.15) is 0 Å². The summed E-state index contributed by atoms with van der Waals surface area (Å²) in [6.45, 7) is 5.11. The number of halogens is 1. The van der Waals surface area contributed by atoms with Gasteiger partial charge in [-0.25, -0.2) is 0 Å². The van der Waals surface area contributed by atoms with Crippen LogP contribution in [0.4, 0.5) is 0 Å². The minimum absolute atomic E-state index is 0.371. The van der Waals surface area contributed by atoms with Crippen molar-refractivity contribution >= 4 is 15.9 Å². The largest absolute Gasteiger partial charge is 0.386 e. The first-order valence-electron chi connectivity index (χ1n) is 5.17. The van der Waals surface area contributed by atoms with Gasteiger partial charge in [-0.05, 0) is 36.6 Å². The van der Waals surface area contributed by atoms with Crippen molar-refractivity contribution in [2.24, 2.45) is 0 Å². The molecule has 15 heavy (non-hydrogen) atoms. The van der Waals surface area contributed by atoms with E-state index in [2.05, 4.69) is 22.9 Å². The molecule has 0 fully saturated rings. The van der Waals surface area contributed by atoms with E-state index in [0.29, 0.717) is 13.2 Å². The second kappa shape index (κ2) is 6.26.